The second-order valence-corrected chi connectivity index (χ2v) is 11.1. The van der Waals surface area contributed by atoms with E-state index in [1.54, 1.807) is 29.5 Å². The number of aromatic nitrogens is 1. The summed E-state index contributed by atoms with van der Waals surface area (Å²) in [6, 6.07) is 19.9. The number of carbonyl (C=O) groups excluding carboxylic acids is 1. The summed E-state index contributed by atoms with van der Waals surface area (Å²) in [6.07, 6.45) is 1.73. The average Bonchev–Trinajstić information content (AvgIpc) is 3.50. The molecule has 1 aromatic heterocycles. The third-order valence-electron chi connectivity index (χ3n) is 5.73. The van der Waals surface area contributed by atoms with Crippen molar-refractivity contribution >= 4 is 43.2 Å². The van der Waals surface area contributed by atoms with Gasteiger partial charge in [0, 0.05) is 29.9 Å². The number of anilines is 1. The molecule has 0 aliphatic carbocycles. The van der Waals surface area contributed by atoms with Crippen molar-refractivity contribution in [3.05, 3.63) is 77.9 Å². The van der Waals surface area contributed by atoms with E-state index in [2.05, 4.69) is 24.4 Å². The van der Waals surface area contributed by atoms with Crippen LogP contribution in [0, 0.1) is 6.92 Å². The molecule has 0 bridgehead atoms. The Balaban J connectivity index is 1.33. The van der Waals surface area contributed by atoms with Crippen LogP contribution in [0.25, 0.3) is 20.8 Å². The van der Waals surface area contributed by atoms with E-state index in [9.17, 15) is 13.2 Å². The van der Waals surface area contributed by atoms with E-state index in [4.69, 9.17) is 4.98 Å². The first kappa shape index (κ1) is 21.8. The molecule has 8 heteroatoms. The predicted octanol–water partition coefficient (Wildman–Crippen LogP) is 5.31. The van der Waals surface area contributed by atoms with E-state index in [-0.39, 0.29) is 10.8 Å². The molecule has 1 aliphatic heterocycles. The molecule has 0 atom stereocenters. The van der Waals surface area contributed by atoms with Gasteiger partial charge in [-0.3, -0.25) is 4.79 Å². The molecule has 5 rings (SSSR count). The zero-order valence-corrected chi connectivity index (χ0v) is 19.7. The second-order valence-electron chi connectivity index (χ2n) is 8.16. The molecule has 0 radical (unpaired) electrons. The second kappa shape index (κ2) is 8.70. The fourth-order valence-corrected chi connectivity index (χ4v) is 6.56. The maximum Gasteiger partial charge on any atom is 0.255 e. The third-order valence-corrected chi connectivity index (χ3v) is 8.69. The van der Waals surface area contributed by atoms with Crippen molar-refractivity contribution < 1.29 is 13.2 Å². The lowest BCUT2D eigenvalue weighted by atomic mass is 10.2. The van der Waals surface area contributed by atoms with Crippen LogP contribution in [-0.2, 0) is 10.0 Å². The Morgan fingerprint density at radius 2 is 1.76 bits per heavy atom. The lowest BCUT2D eigenvalue weighted by Gasteiger charge is -2.16. The number of rotatable bonds is 5. The van der Waals surface area contributed by atoms with Gasteiger partial charge < -0.3 is 5.32 Å². The van der Waals surface area contributed by atoms with Gasteiger partial charge in [0.1, 0.15) is 5.01 Å². The Bertz CT molecular complexity index is 1440. The molecule has 1 fully saturated rings. The standard InChI is InChI=1S/C25H23N3O3S2/c1-17-7-12-22-23(15-17)32-25(27-22)18-8-10-20(11-9-18)26-24(29)19-5-4-6-21(16-19)33(30,31)28-13-2-3-14-28/h4-12,15-16H,2-3,13-14H2,1H3,(H,26,29). The van der Waals surface area contributed by atoms with Crippen LogP contribution >= 0.6 is 11.3 Å². The fraction of sp³-hybridized carbons (Fsp3) is 0.200. The number of fused-ring (bicyclic) bond motifs is 1. The summed E-state index contributed by atoms with van der Waals surface area (Å²) in [5.41, 5.74) is 4.09. The van der Waals surface area contributed by atoms with Gasteiger partial charge in [-0.1, -0.05) is 12.1 Å². The summed E-state index contributed by atoms with van der Waals surface area (Å²) in [6.45, 7) is 3.12. The quantitative estimate of drug-likeness (QED) is 0.423. The highest BCUT2D eigenvalue weighted by Crippen LogP contribution is 2.31. The minimum Gasteiger partial charge on any atom is -0.322 e. The molecule has 168 valence electrons. The molecular weight excluding hydrogens is 454 g/mol. The smallest absolute Gasteiger partial charge is 0.255 e. The van der Waals surface area contributed by atoms with Crippen molar-refractivity contribution in [2.24, 2.45) is 0 Å². The maximum atomic E-state index is 12.8. The molecule has 3 aromatic carbocycles. The number of thiazole rings is 1. The molecule has 0 spiro atoms. The van der Waals surface area contributed by atoms with Crippen LogP contribution in [-0.4, -0.2) is 36.7 Å². The molecule has 1 aliphatic rings. The number of nitrogens with one attached hydrogen (secondary N) is 1. The number of benzene rings is 3. The molecule has 2 heterocycles. The molecule has 1 N–H and O–H groups in total. The normalized spacial score (nSPS) is 14.6. The van der Waals surface area contributed by atoms with Gasteiger partial charge in [-0.15, -0.1) is 11.3 Å². The number of sulfonamides is 1. The first-order chi connectivity index (χ1) is 15.9. The minimum atomic E-state index is -3.57. The molecule has 1 amide bonds. The largest absolute Gasteiger partial charge is 0.322 e. The number of hydrogen-bond donors (Lipinski definition) is 1. The average molecular weight is 478 g/mol. The number of amides is 1. The fourth-order valence-electron chi connectivity index (χ4n) is 3.93. The zero-order valence-electron chi connectivity index (χ0n) is 18.1. The van der Waals surface area contributed by atoms with E-state index in [0.717, 1.165) is 33.6 Å². The summed E-state index contributed by atoms with van der Waals surface area (Å²) < 4.78 is 28.2. The lowest BCUT2D eigenvalue weighted by Crippen LogP contribution is -2.28. The van der Waals surface area contributed by atoms with Crippen LogP contribution in [0.3, 0.4) is 0 Å². The van der Waals surface area contributed by atoms with Gasteiger partial charge >= 0.3 is 0 Å². The molecule has 6 nitrogen and oxygen atoms in total. The van der Waals surface area contributed by atoms with E-state index < -0.39 is 10.0 Å². The number of hydrogen-bond acceptors (Lipinski definition) is 5. The summed E-state index contributed by atoms with van der Waals surface area (Å²) in [5, 5.41) is 3.78. The van der Waals surface area contributed by atoms with Gasteiger partial charge in [-0.2, -0.15) is 4.31 Å². The maximum absolute atomic E-state index is 12.8. The van der Waals surface area contributed by atoms with Crippen molar-refractivity contribution in [1.29, 1.82) is 0 Å². The highest BCUT2D eigenvalue weighted by atomic mass is 32.2. The third kappa shape index (κ3) is 4.42. The van der Waals surface area contributed by atoms with E-state index in [1.807, 2.05) is 30.3 Å². The molecule has 1 saturated heterocycles. The lowest BCUT2D eigenvalue weighted by molar-refractivity contribution is 0.102. The SMILES string of the molecule is Cc1ccc2nc(-c3ccc(NC(=O)c4cccc(S(=O)(=O)N5CCCC5)c4)cc3)sc2c1. The summed E-state index contributed by atoms with van der Waals surface area (Å²) in [4.78, 5) is 17.6. The van der Waals surface area contributed by atoms with Crippen LogP contribution in [0.1, 0.15) is 28.8 Å². The summed E-state index contributed by atoms with van der Waals surface area (Å²) >= 11 is 1.64. The van der Waals surface area contributed by atoms with Gasteiger partial charge in [0.2, 0.25) is 10.0 Å². The Labute approximate surface area is 197 Å². The van der Waals surface area contributed by atoms with E-state index in [0.29, 0.717) is 24.3 Å². The van der Waals surface area contributed by atoms with Gasteiger partial charge in [-0.05, 0) is 79.9 Å². The van der Waals surface area contributed by atoms with Crippen LogP contribution in [0.15, 0.2) is 71.6 Å². The van der Waals surface area contributed by atoms with Gasteiger partial charge in [-0.25, -0.2) is 13.4 Å². The number of carbonyl (C=O) groups is 1. The highest BCUT2D eigenvalue weighted by molar-refractivity contribution is 7.89. The number of aryl methyl sites for hydroxylation is 1. The zero-order chi connectivity index (χ0) is 23.0. The van der Waals surface area contributed by atoms with Crippen molar-refractivity contribution in [3.63, 3.8) is 0 Å². The molecular formula is C25H23N3O3S2. The molecule has 0 unspecified atom stereocenters. The minimum absolute atomic E-state index is 0.151. The number of nitrogens with zero attached hydrogens (tertiary/aromatic N) is 2. The van der Waals surface area contributed by atoms with Crippen LogP contribution in [0.2, 0.25) is 0 Å². The van der Waals surface area contributed by atoms with Gasteiger partial charge in [0.05, 0.1) is 15.1 Å². The van der Waals surface area contributed by atoms with Crippen LogP contribution in [0.4, 0.5) is 5.69 Å². The summed E-state index contributed by atoms with van der Waals surface area (Å²) in [7, 11) is -3.57. The Morgan fingerprint density at radius 1 is 1.00 bits per heavy atom. The van der Waals surface area contributed by atoms with Crippen molar-refractivity contribution in [2.75, 3.05) is 18.4 Å². The first-order valence-corrected chi connectivity index (χ1v) is 13.0. The first-order valence-electron chi connectivity index (χ1n) is 10.8. The van der Waals surface area contributed by atoms with Gasteiger partial charge in [0.15, 0.2) is 0 Å². The molecule has 4 aromatic rings. The van der Waals surface area contributed by atoms with Crippen molar-refractivity contribution in [2.45, 2.75) is 24.7 Å². The topological polar surface area (TPSA) is 79.4 Å². The van der Waals surface area contributed by atoms with Crippen molar-refractivity contribution in [3.8, 4) is 10.6 Å². The van der Waals surface area contributed by atoms with Crippen molar-refractivity contribution in [1.82, 2.24) is 9.29 Å². The van der Waals surface area contributed by atoms with E-state index >= 15 is 0 Å². The monoisotopic (exact) mass is 477 g/mol. The van der Waals surface area contributed by atoms with Crippen LogP contribution < -0.4 is 5.32 Å². The van der Waals surface area contributed by atoms with Gasteiger partial charge in [0.25, 0.3) is 5.91 Å². The van der Waals surface area contributed by atoms with Crippen LogP contribution in [0.5, 0.6) is 0 Å². The van der Waals surface area contributed by atoms with E-state index in [1.165, 1.54) is 15.9 Å². The highest BCUT2D eigenvalue weighted by Gasteiger charge is 2.27. The molecule has 0 saturated carbocycles. The summed E-state index contributed by atoms with van der Waals surface area (Å²) in [5.74, 6) is -0.350. The Kier molecular flexibility index (Phi) is 5.74. The predicted molar refractivity (Wildman–Crippen MR) is 132 cm³/mol. The Morgan fingerprint density at radius 3 is 2.52 bits per heavy atom. The molecule has 33 heavy (non-hydrogen) atoms. The Hall–Kier alpha value is -3.07.